The summed E-state index contributed by atoms with van der Waals surface area (Å²) in [6.45, 7) is 4.35. The summed E-state index contributed by atoms with van der Waals surface area (Å²) in [5.41, 5.74) is 3.18. The third-order valence-corrected chi connectivity index (χ3v) is 6.28. The number of methoxy groups -OCH3 is 1. The molecule has 1 aliphatic heterocycles. The zero-order chi connectivity index (χ0) is 22.5. The average Bonchev–Trinajstić information content (AvgIpc) is 3.26. The summed E-state index contributed by atoms with van der Waals surface area (Å²) in [4.78, 5) is 27.5. The van der Waals surface area contributed by atoms with Crippen LogP contribution in [-0.2, 0) is 9.53 Å². The standard InChI is InChI=1S/C24H25N3O4S/c1-16(28)25-20-14-18(8-9-21(20)30-2)26-23(29)22-15-19(17-6-4-3-5-7-17)24(32-22)27-10-12-31-13-11-27/h3-9,14-15H,10-13H2,1-2H3,(H,25,28)(H,26,29). The summed E-state index contributed by atoms with van der Waals surface area (Å²) in [7, 11) is 1.53. The molecule has 1 fully saturated rings. The van der Waals surface area contributed by atoms with Crippen molar-refractivity contribution in [2.24, 2.45) is 0 Å². The molecule has 0 aliphatic carbocycles. The van der Waals surface area contributed by atoms with Crippen LogP contribution in [0.4, 0.5) is 16.4 Å². The quantitative estimate of drug-likeness (QED) is 0.578. The number of ether oxygens (including phenoxy) is 2. The van der Waals surface area contributed by atoms with Gasteiger partial charge in [-0.3, -0.25) is 9.59 Å². The number of rotatable bonds is 6. The maximum absolute atomic E-state index is 13.1. The van der Waals surface area contributed by atoms with Gasteiger partial charge in [-0.2, -0.15) is 0 Å². The Morgan fingerprint density at radius 1 is 1.03 bits per heavy atom. The zero-order valence-corrected chi connectivity index (χ0v) is 18.8. The first kappa shape index (κ1) is 21.9. The fourth-order valence-electron chi connectivity index (χ4n) is 3.58. The highest BCUT2D eigenvalue weighted by atomic mass is 32.1. The highest BCUT2D eigenvalue weighted by Gasteiger charge is 2.22. The van der Waals surface area contributed by atoms with Crippen molar-refractivity contribution in [1.82, 2.24) is 0 Å². The van der Waals surface area contributed by atoms with Crippen LogP contribution in [0.3, 0.4) is 0 Å². The van der Waals surface area contributed by atoms with Crippen LogP contribution in [-0.4, -0.2) is 45.2 Å². The molecule has 2 amide bonds. The Balaban J connectivity index is 1.63. The van der Waals surface area contributed by atoms with Crippen molar-refractivity contribution in [1.29, 1.82) is 0 Å². The van der Waals surface area contributed by atoms with Crippen LogP contribution in [0.2, 0.25) is 0 Å². The highest BCUT2D eigenvalue weighted by Crippen LogP contribution is 2.40. The van der Waals surface area contributed by atoms with Crippen LogP contribution in [0.1, 0.15) is 16.6 Å². The van der Waals surface area contributed by atoms with Gasteiger partial charge in [0.25, 0.3) is 5.91 Å². The predicted octanol–water partition coefficient (Wildman–Crippen LogP) is 4.47. The van der Waals surface area contributed by atoms with E-state index in [1.54, 1.807) is 18.2 Å². The molecule has 1 saturated heterocycles. The molecule has 0 spiro atoms. The molecular formula is C24H25N3O4S. The van der Waals surface area contributed by atoms with E-state index in [1.165, 1.54) is 25.4 Å². The summed E-state index contributed by atoms with van der Waals surface area (Å²) in [5, 5.41) is 6.73. The molecule has 2 N–H and O–H groups in total. The maximum Gasteiger partial charge on any atom is 0.265 e. The summed E-state index contributed by atoms with van der Waals surface area (Å²) in [6.07, 6.45) is 0. The first-order valence-electron chi connectivity index (χ1n) is 10.3. The second-order valence-corrected chi connectivity index (χ2v) is 8.38. The number of carbonyl (C=O) groups is 2. The van der Waals surface area contributed by atoms with Crippen molar-refractivity contribution >= 4 is 39.5 Å². The van der Waals surface area contributed by atoms with Crippen molar-refractivity contribution in [2.45, 2.75) is 6.92 Å². The van der Waals surface area contributed by atoms with Gasteiger partial charge >= 0.3 is 0 Å². The molecule has 0 bridgehead atoms. The number of benzene rings is 2. The monoisotopic (exact) mass is 451 g/mol. The third kappa shape index (κ3) is 4.92. The summed E-state index contributed by atoms with van der Waals surface area (Å²) in [6, 6.07) is 17.2. The smallest absolute Gasteiger partial charge is 0.265 e. The molecule has 0 unspecified atom stereocenters. The fourth-order valence-corrected chi connectivity index (χ4v) is 4.71. The van der Waals surface area contributed by atoms with Crippen LogP contribution >= 0.6 is 11.3 Å². The number of nitrogens with one attached hydrogen (secondary N) is 2. The van der Waals surface area contributed by atoms with Crippen molar-refractivity contribution in [3.8, 4) is 16.9 Å². The lowest BCUT2D eigenvalue weighted by atomic mass is 10.1. The number of anilines is 3. The third-order valence-electron chi connectivity index (χ3n) is 5.09. The highest BCUT2D eigenvalue weighted by molar-refractivity contribution is 7.18. The molecular weight excluding hydrogens is 426 g/mol. The van der Waals surface area contributed by atoms with Gasteiger partial charge in [0.1, 0.15) is 5.75 Å². The van der Waals surface area contributed by atoms with Crippen molar-refractivity contribution < 1.29 is 19.1 Å². The van der Waals surface area contributed by atoms with Gasteiger partial charge in [-0.05, 0) is 29.8 Å². The van der Waals surface area contributed by atoms with Crippen LogP contribution in [0, 0.1) is 0 Å². The molecule has 0 atom stereocenters. The molecule has 1 aromatic heterocycles. The Bertz CT molecular complexity index is 1110. The van der Waals surface area contributed by atoms with E-state index >= 15 is 0 Å². The van der Waals surface area contributed by atoms with Gasteiger partial charge in [-0.25, -0.2) is 0 Å². The largest absolute Gasteiger partial charge is 0.495 e. The minimum Gasteiger partial charge on any atom is -0.495 e. The van der Waals surface area contributed by atoms with Crippen molar-refractivity contribution in [3.05, 3.63) is 59.5 Å². The SMILES string of the molecule is COc1ccc(NC(=O)c2cc(-c3ccccc3)c(N3CCOCC3)s2)cc1NC(C)=O. The lowest BCUT2D eigenvalue weighted by molar-refractivity contribution is -0.114. The van der Waals surface area contributed by atoms with E-state index in [1.807, 2.05) is 24.3 Å². The van der Waals surface area contributed by atoms with Gasteiger partial charge in [0, 0.05) is 31.3 Å². The minimum absolute atomic E-state index is 0.203. The van der Waals surface area contributed by atoms with Crippen LogP contribution < -0.4 is 20.3 Å². The van der Waals surface area contributed by atoms with E-state index in [-0.39, 0.29) is 11.8 Å². The molecule has 3 aromatic rings. The average molecular weight is 452 g/mol. The summed E-state index contributed by atoms with van der Waals surface area (Å²) in [5.74, 6) is 0.105. The van der Waals surface area contributed by atoms with Gasteiger partial charge in [0.2, 0.25) is 5.91 Å². The normalized spacial score (nSPS) is 13.5. The first-order valence-corrected chi connectivity index (χ1v) is 11.2. The number of hydrogen-bond donors (Lipinski definition) is 2. The van der Waals surface area contributed by atoms with Gasteiger partial charge < -0.3 is 25.0 Å². The van der Waals surface area contributed by atoms with Gasteiger partial charge in [0.05, 0.1) is 35.9 Å². The minimum atomic E-state index is -0.215. The summed E-state index contributed by atoms with van der Waals surface area (Å²) >= 11 is 1.47. The molecule has 166 valence electrons. The fraction of sp³-hybridized carbons (Fsp3) is 0.250. The molecule has 0 saturated carbocycles. The lowest BCUT2D eigenvalue weighted by Gasteiger charge is -2.28. The van der Waals surface area contributed by atoms with Crippen LogP contribution in [0.25, 0.3) is 11.1 Å². The Kier molecular flexibility index (Phi) is 6.72. The molecule has 0 radical (unpaired) electrons. The van der Waals surface area contributed by atoms with E-state index in [9.17, 15) is 9.59 Å². The molecule has 2 heterocycles. The molecule has 32 heavy (non-hydrogen) atoms. The lowest BCUT2D eigenvalue weighted by Crippen LogP contribution is -2.35. The molecule has 4 rings (SSSR count). The molecule has 8 heteroatoms. The maximum atomic E-state index is 13.1. The van der Waals surface area contributed by atoms with E-state index in [0.29, 0.717) is 35.2 Å². The predicted molar refractivity (Wildman–Crippen MR) is 128 cm³/mol. The van der Waals surface area contributed by atoms with E-state index in [0.717, 1.165) is 29.2 Å². The molecule has 7 nitrogen and oxygen atoms in total. The van der Waals surface area contributed by atoms with E-state index in [4.69, 9.17) is 9.47 Å². The van der Waals surface area contributed by atoms with Crippen molar-refractivity contribution in [2.75, 3.05) is 48.9 Å². The Morgan fingerprint density at radius 2 is 1.78 bits per heavy atom. The van der Waals surface area contributed by atoms with Crippen LogP contribution in [0.15, 0.2) is 54.6 Å². The van der Waals surface area contributed by atoms with Crippen molar-refractivity contribution in [3.63, 3.8) is 0 Å². The second kappa shape index (κ2) is 9.84. The number of morpholine rings is 1. The van der Waals surface area contributed by atoms with Crippen LogP contribution in [0.5, 0.6) is 5.75 Å². The van der Waals surface area contributed by atoms with Gasteiger partial charge in [0.15, 0.2) is 0 Å². The number of carbonyl (C=O) groups excluding carboxylic acids is 2. The number of hydrogen-bond acceptors (Lipinski definition) is 6. The van der Waals surface area contributed by atoms with Gasteiger partial charge in [-0.1, -0.05) is 30.3 Å². The number of nitrogens with zero attached hydrogens (tertiary/aromatic N) is 1. The Morgan fingerprint density at radius 3 is 2.47 bits per heavy atom. The summed E-state index contributed by atoms with van der Waals surface area (Å²) < 4.78 is 10.8. The van der Waals surface area contributed by atoms with Gasteiger partial charge in [-0.15, -0.1) is 11.3 Å². The first-order chi connectivity index (χ1) is 15.5. The number of thiophene rings is 1. The Labute approximate surface area is 191 Å². The molecule has 2 aromatic carbocycles. The second-order valence-electron chi connectivity index (χ2n) is 7.35. The number of amides is 2. The van der Waals surface area contributed by atoms with E-state index < -0.39 is 0 Å². The Hall–Kier alpha value is -3.36. The van der Waals surface area contributed by atoms with E-state index in [2.05, 4.69) is 27.7 Å². The topological polar surface area (TPSA) is 79.9 Å². The zero-order valence-electron chi connectivity index (χ0n) is 18.0. The molecule has 1 aliphatic rings.